The molecule has 0 aromatic heterocycles. The van der Waals surface area contributed by atoms with Crippen LogP contribution in [0.5, 0.6) is 0 Å². The van der Waals surface area contributed by atoms with E-state index in [1.807, 2.05) is 0 Å². The fourth-order valence-electron chi connectivity index (χ4n) is 2.65. The number of rotatable bonds is 4. The van der Waals surface area contributed by atoms with E-state index in [1.54, 1.807) is 0 Å². The number of nitrogens with two attached hydrogens (primary N) is 1. The Labute approximate surface area is 108 Å². The molecule has 0 radical (unpaired) electrons. The maximum Gasteiger partial charge on any atom is 0.227 e. The lowest BCUT2D eigenvalue weighted by molar-refractivity contribution is -0.136. The predicted octanol–water partition coefficient (Wildman–Crippen LogP) is 0.427. The Morgan fingerprint density at radius 1 is 1.28 bits per heavy atom. The lowest BCUT2D eigenvalue weighted by Gasteiger charge is -2.35. The molecule has 0 aliphatic carbocycles. The maximum atomic E-state index is 12.3. The van der Waals surface area contributed by atoms with Crippen LogP contribution in [0.4, 0.5) is 0 Å². The van der Waals surface area contributed by atoms with Gasteiger partial charge >= 0.3 is 0 Å². The molecule has 2 aliphatic rings. The van der Waals surface area contributed by atoms with Gasteiger partial charge in [-0.15, -0.1) is 0 Å². The van der Waals surface area contributed by atoms with Gasteiger partial charge in [-0.25, -0.2) is 0 Å². The third-order valence-electron chi connectivity index (χ3n) is 4.09. The van der Waals surface area contributed by atoms with Crippen molar-refractivity contribution in [3.63, 3.8) is 0 Å². The second kappa shape index (κ2) is 6.50. The molecular formula is C13H24N2O3. The molecule has 104 valence electrons. The summed E-state index contributed by atoms with van der Waals surface area (Å²) in [6.45, 7) is 3.08. The van der Waals surface area contributed by atoms with Gasteiger partial charge in [0, 0.05) is 32.9 Å². The summed E-state index contributed by atoms with van der Waals surface area (Å²) in [6, 6.07) is 0. The minimum Gasteiger partial charge on any atom is -0.381 e. The largest absolute Gasteiger partial charge is 0.381 e. The Morgan fingerprint density at radius 2 is 2.06 bits per heavy atom. The fourth-order valence-corrected chi connectivity index (χ4v) is 2.65. The van der Waals surface area contributed by atoms with Crippen molar-refractivity contribution < 1.29 is 14.3 Å². The van der Waals surface area contributed by atoms with Crippen LogP contribution in [-0.2, 0) is 14.3 Å². The second-order valence-electron chi connectivity index (χ2n) is 5.30. The van der Waals surface area contributed by atoms with Crippen molar-refractivity contribution in [1.29, 1.82) is 0 Å². The van der Waals surface area contributed by atoms with Gasteiger partial charge in [0.05, 0.1) is 11.5 Å². The standard InChI is InChI=1S/C13H24N2O3/c14-10-13(4-7-17-8-5-13)12(16)15-9-11-3-1-2-6-18-11/h11H,1-10,14H2,(H,15,16). The number of carbonyl (C=O) groups is 1. The molecule has 2 rings (SSSR count). The Bertz CT molecular complexity index is 271. The Hall–Kier alpha value is -0.650. The summed E-state index contributed by atoms with van der Waals surface area (Å²) < 4.78 is 10.9. The summed E-state index contributed by atoms with van der Waals surface area (Å²) in [5, 5.41) is 3.01. The van der Waals surface area contributed by atoms with Gasteiger partial charge in [0.2, 0.25) is 5.91 Å². The summed E-state index contributed by atoms with van der Waals surface area (Å²) in [6.07, 6.45) is 4.99. The van der Waals surface area contributed by atoms with Crippen LogP contribution in [0.3, 0.4) is 0 Å². The second-order valence-corrected chi connectivity index (χ2v) is 5.30. The molecule has 2 heterocycles. The highest BCUT2D eigenvalue weighted by atomic mass is 16.5. The number of nitrogens with one attached hydrogen (secondary N) is 1. The molecule has 0 saturated carbocycles. The molecule has 1 amide bonds. The van der Waals surface area contributed by atoms with Crippen LogP contribution in [0.1, 0.15) is 32.1 Å². The molecule has 0 aromatic carbocycles. The van der Waals surface area contributed by atoms with E-state index in [4.69, 9.17) is 15.2 Å². The Morgan fingerprint density at radius 3 is 2.67 bits per heavy atom. The third-order valence-corrected chi connectivity index (χ3v) is 4.09. The molecule has 1 unspecified atom stereocenters. The number of amides is 1. The highest BCUT2D eigenvalue weighted by molar-refractivity contribution is 5.83. The highest BCUT2D eigenvalue weighted by Gasteiger charge is 2.38. The monoisotopic (exact) mass is 256 g/mol. The molecule has 0 spiro atoms. The van der Waals surface area contributed by atoms with E-state index in [1.165, 1.54) is 6.42 Å². The average Bonchev–Trinajstić information content (AvgIpc) is 2.46. The molecule has 2 saturated heterocycles. The molecule has 0 bridgehead atoms. The normalized spacial score (nSPS) is 27.7. The van der Waals surface area contributed by atoms with Gasteiger partial charge in [0.15, 0.2) is 0 Å². The molecule has 2 aliphatic heterocycles. The first kappa shape index (κ1) is 13.8. The fraction of sp³-hybridized carbons (Fsp3) is 0.923. The lowest BCUT2D eigenvalue weighted by atomic mass is 9.79. The average molecular weight is 256 g/mol. The summed E-state index contributed by atoms with van der Waals surface area (Å²) in [4.78, 5) is 12.3. The lowest BCUT2D eigenvalue weighted by Crippen LogP contribution is -2.50. The van der Waals surface area contributed by atoms with Gasteiger partial charge < -0.3 is 20.5 Å². The van der Waals surface area contributed by atoms with E-state index >= 15 is 0 Å². The smallest absolute Gasteiger partial charge is 0.227 e. The van der Waals surface area contributed by atoms with E-state index < -0.39 is 5.41 Å². The van der Waals surface area contributed by atoms with E-state index in [0.29, 0.717) is 26.3 Å². The quantitative estimate of drug-likeness (QED) is 0.765. The zero-order valence-electron chi connectivity index (χ0n) is 11.0. The summed E-state index contributed by atoms with van der Waals surface area (Å²) in [5.74, 6) is 0.0717. The molecule has 3 N–H and O–H groups in total. The van der Waals surface area contributed by atoms with Crippen molar-refractivity contribution in [3.05, 3.63) is 0 Å². The summed E-state index contributed by atoms with van der Waals surface area (Å²) in [5.41, 5.74) is 5.38. The molecular weight excluding hydrogens is 232 g/mol. The van der Waals surface area contributed by atoms with E-state index in [2.05, 4.69) is 5.32 Å². The van der Waals surface area contributed by atoms with Gasteiger partial charge in [-0.3, -0.25) is 4.79 Å². The van der Waals surface area contributed by atoms with Gasteiger partial charge in [0.25, 0.3) is 0 Å². The first-order valence-electron chi connectivity index (χ1n) is 6.94. The van der Waals surface area contributed by atoms with E-state index in [0.717, 1.165) is 32.3 Å². The van der Waals surface area contributed by atoms with E-state index in [9.17, 15) is 4.79 Å². The zero-order chi connectivity index (χ0) is 12.8. The van der Waals surface area contributed by atoms with Crippen molar-refractivity contribution in [1.82, 2.24) is 5.32 Å². The number of hydrogen-bond acceptors (Lipinski definition) is 4. The highest BCUT2D eigenvalue weighted by Crippen LogP contribution is 2.29. The molecule has 5 nitrogen and oxygen atoms in total. The van der Waals surface area contributed by atoms with Crippen LogP contribution in [0.15, 0.2) is 0 Å². The van der Waals surface area contributed by atoms with Crippen LogP contribution in [-0.4, -0.2) is 44.9 Å². The number of hydrogen-bond donors (Lipinski definition) is 2. The third kappa shape index (κ3) is 3.22. The minimum atomic E-state index is -0.424. The minimum absolute atomic E-state index is 0.0717. The van der Waals surface area contributed by atoms with Crippen LogP contribution in [0, 0.1) is 5.41 Å². The van der Waals surface area contributed by atoms with Gasteiger partial charge in [-0.05, 0) is 32.1 Å². The van der Waals surface area contributed by atoms with E-state index in [-0.39, 0.29) is 12.0 Å². The maximum absolute atomic E-state index is 12.3. The van der Waals surface area contributed by atoms with Crippen molar-refractivity contribution in [2.45, 2.75) is 38.2 Å². The van der Waals surface area contributed by atoms with Crippen LogP contribution < -0.4 is 11.1 Å². The van der Waals surface area contributed by atoms with Crippen molar-refractivity contribution in [3.8, 4) is 0 Å². The summed E-state index contributed by atoms with van der Waals surface area (Å²) in [7, 11) is 0. The molecule has 5 heteroatoms. The number of ether oxygens (including phenoxy) is 2. The predicted molar refractivity (Wildman–Crippen MR) is 68.1 cm³/mol. The molecule has 1 atom stereocenters. The molecule has 2 fully saturated rings. The number of carbonyl (C=O) groups excluding carboxylic acids is 1. The Balaban J connectivity index is 1.81. The zero-order valence-corrected chi connectivity index (χ0v) is 11.0. The molecule has 0 aromatic rings. The Kier molecular flexibility index (Phi) is 4.97. The van der Waals surface area contributed by atoms with Crippen LogP contribution in [0.2, 0.25) is 0 Å². The van der Waals surface area contributed by atoms with Gasteiger partial charge in [-0.2, -0.15) is 0 Å². The SMILES string of the molecule is NCC1(C(=O)NCC2CCCCO2)CCOCC1. The van der Waals surface area contributed by atoms with Crippen molar-refractivity contribution in [2.24, 2.45) is 11.1 Å². The van der Waals surface area contributed by atoms with Gasteiger partial charge in [-0.1, -0.05) is 0 Å². The topological polar surface area (TPSA) is 73.6 Å². The van der Waals surface area contributed by atoms with Crippen molar-refractivity contribution >= 4 is 5.91 Å². The first-order valence-corrected chi connectivity index (χ1v) is 6.94. The summed E-state index contributed by atoms with van der Waals surface area (Å²) >= 11 is 0. The molecule has 18 heavy (non-hydrogen) atoms. The van der Waals surface area contributed by atoms with Crippen molar-refractivity contribution in [2.75, 3.05) is 32.9 Å². The van der Waals surface area contributed by atoms with Gasteiger partial charge in [0.1, 0.15) is 0 Å². The first-order chi connectivity index (χ1) is 8.77. The van der Waals surface area contributed by atoms with Crippen LogP contribution in [0.25, 0.3) is 0 Å². The van der Waals surface area contributed by atoms with Crippen LogP contribution >= 0.6 is 0 Å².